The first kappa shape index (κ1) is 26.4. The minimum absolute atomic E-state index is 0.0323. The van der Waals surface area contributed by atoms with Crippen LogP contribution in [0.3, 0.4) is 0 Å². The first-order valence-corrected chi connectivity index (χ1v) is 12.9. The minimum Gasteiger partial charge on any atom is -0.490 e. The molecule has 2 amide bonds. The van der Waals surface area contributed by atoms with E-state index in [2.05, 4.69) is 28.9 Å². The summed E-state index contributed by atoms with van der Waals surface area (Å²) in [5.41, 5.74) is 3.53. The Morgan fingerprint density at radius 3 is 2.59 bits per heavy atom. The van der Waals surface area contributed by atoms with Crippen molar-refractivity contribution in [1.29, 1.82) is 5.26 Å². The van der Waals surface area contributed by atoms with Gasteiger partial charge in [0.05, 0.1) is 6.10 Å². The molecule has 2 fully saturated rings. The summed E-state index contributed by atoms with van der Waals surface area (Å²) >= 11 is 0. The Morgan fingerprint density at radius 2 is 1.95 bits per heavy atom. The number of piperazine rings is 1. The largest absolute Gasteiger partial charge is 0.490 e. The number of benzene rings is 1. The molecule has 9 heteroatoms. The molecule has 0 bridgehead atoms. The van der Waals surface area contributed by atoms with Crippen LogP contribution in [-0.2, 0) is 11.3 Å². The lowest BCUT2D eigenvalue weighted by Gasteiger charge is -2.38. The number of nitrogens with zero attached hydrogens (tertiary/aromatic N) is 5. The van der Waals surface area contributed by atoms with Crippen molar-refractivity contribution in [3.05, 3.63) is 53.3 Å². The highest BCUT2D eigenvalue weighted by Crippen LogP contribution is 2.31. The van der Waals surface area contributed by atoms with E-state index in [-0.39, 0.29) is 24.0 Å². The number of carbonyl (C=O) groups is 2. The van der Waals surface area contributed by atoms with Crippen LogP contribution in [0, 0.1) is 24.2 Å². The van der Waals surface area contributed by atoms with Crippen LogP contribution in [0.15, 0.2) is 36.5 Å². The van der Waals surface area contributed by atoms with Crippen LogP contribution >= 0.6 is 0 Å². The second-order valence-corrected chi connectivity index (χ2v) is 10.1. The summed E-state index contributed by atoms with van der Waals surface area (Å²) < 4.78 is 6.03. The van der Waals surface area contributed by atoms with Crippen LogP contribution in [0.25, 0.3) is 0 Å². The number of carbonyl (C=O) groups excluding carboxylic acids is 1. The molecular weight excluding hydrogens is 470 g/mol. The number of nitriles is 1. The van der Waals surface area contributed by atoms with Crippen LogP contribution in [0.5, 0.6) is 5.75 Å². The van der Waals surface area contributed by atoms with Crippen molar-refractivity contribution in [2.75, 3.05) is 31.6 Å². The predicted octanol–water partition coefficient (Wildman–Crippen LogP) is 4.05. The summed E-state index contributed by atoms with van der Waals surface area (Å²) in [6, 6.07) is 11.5. The molecular formula is C28H35N5O4. The second kappa shape index (κ2) is 11.6. The lowest BCUT2D eigenvalue weighted by molar-refractivity contribution is -0.123. The van der Waals surface area contributed by atoms with Crippen LogP contribution in [0.2, 0.25) is 0 Å². The van der Waals surface area contributed by atoms with Gasteiger partial charge in [0.1, 0.15) is 17.5 Å². The Morgan fingerprint density at radius 1 is 1.19 bits per heavy atom. The second-order valence-electron chi connectivity index (χ2n) is 10.1. The minimum atomic E-state index is -0.857. The van der Waals surface area contributed by atoms with Gasteiger partial charge in [-0.15, -0.1) is 0 Å². The Balaban J connectivity index is 1.30. The molecule has 1 aliphatic heterocycles. The highest BCUT2D eigenvalue weighted by atomic mass is 16.5. The molecule has 2 aliphatic rings. The molecule has 2 aromatic rings. The summed E-state index contributed by atoms with van der Waals surface area (Å²) in [6.45, 7) is 6.70. The molecule has 9 nitrogen and oxygen atoms in total. The van der Waals surface area contributed by atoms with E-state index in [1.54, 1.807) is 23.2 Å². The standard InChI is InChI=1S/C28H35N5O4/c1-19-14-24(7-4-22(19)18-32-12-13-33(28(35)36)20(2)17-32)31(3)27(34)21-5-8-25(9-6-21)37-26-10-11-30-23(15-26)16-29/h4,7,10-11,14-15,20-21,25H,5-6,8-9,12-13,17-18H2,1-3H3,(H,35,36)/t20-,21-,25-/m0/s1. The van der Waals surface area contributed by atoms with Crippen molar-refractivity contribution in [3.63, 3.8) is 0 Å². The van der Waals surface area contributed by atoms with Gasteiger partial charge >= 0.3 is 6.09 Å². The molecule has 0 radical (unpaired) electrons. The number of carboxylic acid groups (broad SMARTS) is 1. The Bertz CT molecular complexity index is 1170. The van der Waals surface area contributed by atoms with Gasteiger partial charge < -0.3 is 19.6 Å². The fourth-order valence-corrected chi connectivity index (χ4v) is 5.33. The first-order chi connectivity index (χ1) is 17.7. The fraction of sp³-hybridized carbons (Fsp3) is 0.500. The van der Waals surface area contributed by atoms with Crippen molar-refractivity contribution < 1.29 is 19.4 Å². The lowest BCUT2D eigenvalue weighted by Crippen LogP contribution is -2.53. The van der Waals surface area contributed by atoms with Crippen LogP contribution in [0.1, 0.15) is 49.4 Å². The van der Waals surface area contributed by atoms with Crippen LogP contribution < -0.4 is 9.64 Å². The smallest absolute Gasteiger partial charge is 0.407 e. The van der Waals surface area contributed by atoms with E-state index < -0.39 is 6.09 Å². The maximum Gasteiger partial charge on any atom is 0.407 e. The SMILES string of the molecule is Cc1cc(N(C)C(=O)[C@H]2CC[C@H](Oc3ccnc(C#N)c3)CC2)ccc1CN1CCN(C(=O)O)[C@@H](C)C1. The summed E-state index contributed by atoms with van der Waals surface area (Å²) in [7, 11) is 1.84. The van der Waals surface area contributed by atoms with E-state index in [0.29, 0.717) is 31.1 Å². The van der Waals surface area contributed by atoms with E-state index in [9.17, 15) is 14.7 Å². The van der Waals surface area contributed by atoms with Gasteiger partial charge in [-0.2, -0.15) is 5.26 Å². The molecule has 196 valence electrons. The third-order valence-electron chi connectivity index (χ3n) is 7.57. The van der Waals surface area contributed by atoms with Gasteiger partial charge in [-0.25, -0.2) is 9.78 Å². The number of hydrogen-bond donors (Lipinski definition) is 1. The number of rotatable bonds is 6. The Labute approximate surface area is 218 Å². The number of ether oxygens (including phenoxy) is 1. The van der Waals surface area contributed by atoms with Crippen molar-refractivity contribution in [2.24, 2.45) is 5.92 Å². The van der Waals surface area contributed by atoms with Crippen molar-refractivity contribution >= 4 is 17.7 Å². The van der Waals surface area contributed by atoms with Gasteiger partial charge in [0, 0.05) is 63.1 Å². The monoisotopic (exact) mass is 505 g/mol. The maximum atomic E-state index is 13.3. The van der Waals surface area contributed by atoms with Gasteiger partial charge in [-0.05, 0) is 68.9 Å². The zero-order valence-corrected chi connectivity index (χ0v) is 21.8. The molecule has 2 heterocycles. The average Bonchev–Trinajstić information content (AvgIpc) is 2.89. The molecule has 1 atom stereocenters. The van der Waals surface area contributed by atoms with Crippen molar-refractivity contribution in [3.8, 4) is 11.8 Å². The molecule has 4 rings (SSSR count). The van der Waals surface area contributed by atoms with Gasteiger partial charge in [-0.3, -0.25) is 9.69 Å². The first-order valence-electron chi connectivity index (χ1n) is 12.9. The quantitative estimate of drug-likeness (QED) is 0.631. The third kappa shape index (κ3) is 6.38. The molecule has 37 heavy (non-hydrogen) atoms. The highest BCUT2D eigenvalue weighted by Gasteiger charge is 2.30. The Kier molecular flexibility index (Phi) is 8.29. The lowest BCUT2D eigenvalue weighted by atomic mass is 9.86. The zero-order chi connectivity index (χ0) is 26.5. The molecule has 1 aromatic carbocycles. The van der Waals surface area contributed by atoms with E-state index in [0.717, 1.165) is 43.5 Å². The van der Waals surface area contributed by atoms with Gasteiger partial charge in [-0.1, -0.05) is 6.07 Å². The molecule has 1 aliphatic carbocycles. The van der Waals surface area contributed by atoms with Gasteiger partial charge in [0.25, 0.3) is 0 Å². The number of anilines is 1. The number of aryl methyl sites for hydroxylation is 1. The number of pyridine rings is 1. The van der Waals surface area contributed by atoms with E-state index in [4.69, 9.17) is 10.00 Å². The van der Waals surface area contributed by atoms with E-state index in [1.165, 1.54) is 10.5 Å². The number of aromatic nitrogens is 1. The summed E-state index contributed by atoms with van der Waals surface area (Å²) in [5, 5.41) is 18.3. The molecule has 1 N–H and O–H groups in total. The predicted molar refractivity (Wildman–Crippen MR) is 139 cm³/mol. The molecule has 1 saturated carbocycles. The summed E-state index contributed by atoms with van der Waals surface area (Å²) in [5.74, 6) is 0.732. The maximum absolute atomic E-state index is 13.3. The topological polar surface area (TPSA) is 110 Å². The van der Waals surface area contributed by atoms with E-state index in [1.807, 2.05) is 26.1 Å². The molecule has 0 unspecified atom stereocenters. The molecule has 0 spiro atoms. The number of amides is 2. The average molecular weight is 506 g/mol. The number of hydrogen-bond acceptors (Lipinski definition) is 6. The van der Waals surface area contributed by atoms with Gasteiger partial charge in [0.2, 0.25) is 5.91 Å². The van der Waals surface area contributed by atoms with Crippen molar-refractivity contribution in [1.82, 2.24) is 14.8 Å². The normalized spacial score (nSPS) is 22.2. The fourth-order valence-electron chi connectivity index (χ4n) is 5.33. The summed E-state index contributed by atoms with van der Waals surface area (Å²) in [4.78, 5) is 34.1. The van der Waals surface area contributed by atoms with Crippen molar-refractivity contribution in [2.45, 2.75) is 58.2 Å². The van der Waals surface area contributed by atoms with Gasteiger partial charge in [0.15, 0.2) is 0 Å². The highest BCUT2D eigenvalue weighted by molar-refractivity contribution is 5.94. The van der Waals surface area contributed by atoms with Crippen LogP contribution in [-0.4, -0.2) is 70.7 Å². The Hall–Kier alpha value is -3.64. The molecule has 1 saturated heterocycles. The zero-order valence-electron chi connectivity index (χ0n) is 21.8. The summed E-state index contributed by atoms with van der Waals surface area (Å²) in [6.07, 6.45) is 3.86. The molecule has 1 aromatic heterocycles. The van der Waals surface area contributed by atoms with E-state index >= 15 is 0 Å². The van der Waals surface area contributed by atoms with Crippen LogP contribution in [0.4, 0.5) is 10.5 Å². The third-order valence-corrected chi connectivity index (χ3v) is 7.57.